The number of methoxy groups -OCH3 is 1. The molecule has 1 aromatic carbocycles. The topological polar surface area (TPSA) is 56.5 Å². The minimum atomic E-state index is -0.823. The first-order valence-electron chi connectivity index (χ1n) is 6.63. The molecule has 1 aliphatic rings. The zero-order valence-corrected chi connectivity index (χ0v) is 11.8. The molecule has 0 saturated heterocycles. The van der Waals surface area contributed by atoms with Gasteiger partial charge in [0.1, 0.15) is 23.7 Å². The van der Waals surface area contributed by atoms with Crippen LogP contribution in [0.4, 0.5) is 0 Å². The van der Waals surface area contributed by atoms with Gasteiger partial charge in [0.2, 0.25) is 0 Å². The van der Waals surface area contributed by atoms with E-state index in [0.717, 1.165) is 17.7 Å². The second-order valence-electron chi connectivity index (χ2n) is 5.15. The van der Waals surface area contributed by atoms with Crippen LogP contribution in [0.25, 0.3) is 0 Å². The highest BCUT2D eigenvalue weighted by molar-refractivity contribution is 5.50. The number of rotatable bonds is 3. The van der Waals surface area contributed by atoms with E-state index in [1.807, 2.05) is 26.1 Å². The molecule has 2 unspecified atom stereocenters. The van der Waals surface area contributed by atoms with Gasteiger partial charge >= 0.3 is 0 Å². The molecule has 1 aromatic heterocycles. The van der Waals surface area contributed by atoms with Crippen molar-refractivity contribution in [1.82, 2.24) is 9.78 Å². The molecule has 0 bridgehead atoms. The van der Waals surface area contributed by atoms with Crippen molar-refractivity contribution in [2.75, 3.05) is 7.11 Å². The van der Waals surface area contributed by atoms with E-state index < -0.39 is 6.10 Å². The van der Waals surface area contributed by atoms with Crippen LogP contribution in [0, 0.1) is 0 Å². The summed E-state index contributed by atoms with van der Waals surface area (Å²) in [7, 11) is 3.43. The number of nitrogens with zero attached hydrogens (tertiary/aromatic N) is 2. The van der Waals surface area contributed by atoms with Gasteiger partial charge in [0.25, 0.3) is 0 Å². The number of aliphatic hydroxyl groups excluding tert-OH is 1. The van der Waals surface area contributed by atoms with E-state index in [1.54, 1.807) is 24.1 Å². The third kappa shape index (κ3) is 2.14. The molecule has 2 aromatic rings. The summed E-state index contributed by atoms with van der Waals surface area (Å²) in [5, 5.41) is 14.7. The van der Waals surface area contributed by atoms with Crippen LogP contribution in [0.1, 0.15) is 29.8 Å². The Kier molecular flexibility index (Phi) is 3.14. The molecule has 2 atom stereocenters. The molecular weight excluding hydrogens is 256 g/mol. The van der Waals surface area contributed by atoms with Gasteiger partial charge in [-0.25, -0.2) is 0 Å². The average molecular weight is 274 g/mol. The zero-order chi connectivity index (χ0) is 14.3. The van der Waals surface area contributed by atoms with Crippen molar-refractivity contribution in [2.45, 2.75) is 25.6 Å². The number of aromatic nitrogens is 2. The minimum Gasteiger partial charge on any atom is -0.496 e. The van der Waals surface area contributed by atoms with Crippen molar-refractivity contribution in [3.8, 4) is 11.5 Å². The molecule has 1 N–H and O–H groups in total. The van der Waals surface area contributed by atoms with Crippen molar-refractivity contribution in [3.05, 3.63) is 41.2 Å². The predicted octanol–water partition coefficient (Wildman–Crippen LogP) is 1.83. The smallest absolute Gasteiger partial charge is 0.126 e. The first kappa shape index (κ1) is 13.0. The first-order valence-corrected chi connectivity index (χ1v) is 6.63. The maximum Gasteiger partial charge on any atom is 0.126 e. The fourth-order valence-electron chi connectivity index (χ4n) is 2.58. The van der Waals surface area contributed by atoms with E-state index in [2.05, 4.69) is 5.10 Å². The SMILES string of the molecule is COc1cc2c(cc1C(O)c1ccn(C)n1)OC(C)C2. The van der Waals surface area contributed by atoms with Crippen LogP contribution < -0.4 is 9.47 Å². The largest absolute Gasteiger partial charge is 0.496 e. The van der Waals surface area contributed by atoms with Crippen molar-refractivity contribution in [2.24, 2.45) is 7.05 Å². The minimum absolute atomic E-state index is 0.164. The monoisotopic (exact) mass is 274 g/mol. The molecule has 3 rings (SSSR count). The summed E-state index contributed by atoms with van der Waals surface area (Å²) in [5.41, 5.74) is 2.39. The Labute approximate surface area is 117 Å². The zero-order valence-electron chi connectivity index (χ0n) is 11.8. The number of aliphatic hydroxyl groups is 1. The summed E-state index contributed by atoms with van der Waals surface area (Å²) >= 11 is 0. The summed E-state index contributed by atoms with van der Waals surface area (Å²) in [4.78, 5) is 0. The van der Waals surface area contributed by atoms with Crippen LogP contribution in [0.2, 0.25) is 0 Å². The summed E-state index contributed by atoms with van der Waals surface area (Å²) < 4.78 is 12.8. The van der Waals surface area contributed by atoms with E-state index >= 15 is 0 Å². The van der Waals surface area contributed by atoms with E-state index in [-0.39, 0.29) is 6.10 Å². The van der Waals surface area contributed by atoms with Crippen molar-refractivity contribution in [3.63, 3.8) is 0 Å². The van der Waals surface area contributed by atoms with Crippen LogP contribution >= 0.6 is 0 Å². The number of ether oxygens (including phenoxy) is 2. The molecule has 5 nitrogen and oxygen atoms in total. The van der Waals surface area contributed by atoms with Crippen LogP contribution in [0.15, 0.2) is 24.4 Å². The lowest BCUT2D eigenvalue weighted by atomic mass is 10.0. The highest BCUT2D eigenvalue weighted by Gasteiger charge is 2.25. The van der Waals surface area contributed by atoms with E-state index in [1.165, 1.54) is 0 Å². The van der Waals surface area contributed by atoms with Crippen LogP contribution in [0.3, 0.4) is 0 Å². The van der Waals surface area contributed by atoms with Crippen molar-refractivity contribution in [1.29, 1.82) is 0 Å². The number of hydrogen-bond donors (Lipinski definition) is 1. The summed E-state index contributed by atoms with van der Waals surface area (Å²) in [6.45, 7) is 2.03. The molecule has 0 spiro atoms. The van der Waals surface area contributed by atoms with Gasteiger partial charge in [-0.05, 0) is 25.1 Å². The summed E-state index contributed by atoms with van der Waals surface area (Å²) in [6, 6.07) is 5.60. The van der Waals surface area contributed by atoms with Gasteiger partial charge in [0.05, 0.1) is 12.8 Å². The van der Waals surface area contributed by atoms with E-state index in [4.69, 9.17) is 9.47 Å². The Balaban J connectivity index is 2.02. The fourth-order valence-corrected chi connectivity index (χ4v) is 2.58. The Morgan fingerprint density at radius 3 is 2.95 bits per heavy atom. The van der Waals surface area contributed by atoms with Gasteiger partial charge in [-0.2, -0.15) is 5.10 Å². The third-order valence-electron chi connectivity index (χ3n) is 3.56. The van der Waals surface area contributed by atoms with Gasteiger partial charge in [0, 0.05) is 30.8 Å². The van der Waals surface area contributed by atoms with Gasteiger partial charge in [-0.15, -0.1) is 0 Å². The number of fused-ring (bicyclic) bond motifs is 1. The molecule has 0 saturated carbocycles. The summed E-state index contributed by atoms with van der Waals surface area (Å²) in [5.74, 6) is 1.49. The molecule has 0 aliphatic carbocycles. The molecule has 20 heavy (non-hydrogen) atoms. The molecule has 2 heterocycles. The number of hydrogen-bond acceptors (Lipinski definition) is 4. The second-order valence-corrected chi connectivity index (χ2v) is 5.15. The molecule has 106 valence electrons. The number of benzene rings is 1. The van der Waals surface area contributed by atoms with E-state index in [0.29, 0.717) is 17.0 Å². The lowest BCUT2D eigenvalue weighted by molar-refractivity contribution is 0.207. The molecule has 0 fully saturated rings. The molecular formula is C15H18N2O3. The maximum absolute atomic E-state index is 10.5. The van der Waals surface area contributed by atoms with Crippen LogP contribution in [0.5, 0.6) is 11.5 Å². The lowest BCUT2D eigenvalue weighted by Gasteiger charge is -2.15. The average Bonchev–Trinajstić information content (AvgIpc) is 3.00. The lowest BCUT2D eigenvalue weighted by Crippen LogP contribution is -2.05. The van der Waals surface area contributed by atoms with Crippen molar-refractivity contribution >= 4 is 0 Å². The highest BCUT2D eigenvalue weighted by Crippen LogP contribution is 2.38. The normalized spacial score (nSPS) is 18.5. The highest BCUT2D eigenvalue weighted by atomic mass is 16.5. The molecule has 0 amide bonds. The summed E-state index contributed by atoms with van der Waals surface area (Å²) in [6.07, 6.45) is 2.01. The van der Waals surface area contributed by atoms with Crippen LogP contribution in [-0.4, -0.2) is 28.1 Å². The third-order valence-corrected chi connectivity index (χ3v) is 3.56. The Hall–Kier alpha value is -2.01. The Morgan fingerprint density at radius 1 is 1.50 bits per heavy atom. The standard InChI is InChI=1S/C15H18N2O3/c1-9-6-10-7-14(19-3)11(8-13(10)20-9)15(18)12-4-5-17(2)16-12/h4-5,7-9,15,18H,6H2,1-3H3. The molecule has 5 heteroatoms. The van der Waals surface area contributed by atoms with Crippen LogP contribution in [-0.2, 0) is 13.5 Å². The van der Waals surface area contributed by atoms with Gasteiger partial charge in [-0.1, -0.05) is 0 Å². The second kappa shape index (κ2) is 4.83. The first-order chi connectivity index (χ1) is 9.58. The predicted molar refractivity (Wildman–Crippen MR) is 74.1 cm³/mol. The van der Waals surface area contributed by atoms with E-state index in [9.17, 15) is 5.11 Å². The Bertz CT molecular complexity index is 636. The fraction of sp³-hybridized carbons (Fsp3) is 0.400. The number of aryl methyl sites for hydroxylation is 1. The molecule has 1 aliphatic heterocycles. The van der Waals surface area contributed by atoms with Gasteiger partial charge in [0.15, 0.2) is 0 Å². The maximum atomic E-state index is 10.5. The molecule has 0 radical (unpaired) electrons. The van der Waals surface area contributed by atoms with Gasteiger partial charge < -0.3 is 14.6 Å². The Morgan fingerprint density at radius 2 is 2.30 bits per heavy atom. The van der Waals surface area contributed by atoms with Gasteiger partial charge in [-0.3, -0.25) is 4.68 Å². The van der Waals surface area contributed by atoms with Crippen molar-refractivity contribution < 1.29 is 14.6 Å². The quantitative estimate of drug-likeness (QED) is 0.927.